The number of phenols is 1. The van der Waals surface area contributed by atoms with Crippen LogP contribution < -0.4 is 15.9 Å². The number of hydrogen-bond donors (Lipinski definition) is 1. The van der Waals surface area contributed by atoms with Crippen molar-refractivity contribution in [3.63, 3.8) is 0 Å². The van der Waals surface area contributed by atoms with E-state index in [1.807, 2.05) is 12.1 Å². The molecule has 0 aliphatic heterocycles. The van der Waals surface area contributed by atoms with Crippen LogP contribution in [-0.2, 0) is 0 Å². The van der Waals surface area contributed by atoms with Gasteiger partial charge in [-0.3, -0.25) is 0 Å². The maximum atomic E-state index is 9.64. The predicted molar refractivity (Wildman–Crippen MR) is 112 cm³/mol. The molecule has 1 nitrogen and oxygen atoms in total. The van der Waals surface area contributed by atoms with Crippen LogP contribution in [0, 0.1) is 0 Å². The molecule has 0 saturated carbocycles. The molecule has 0 fully saturated rings. The van der Waals surface area contributed by atoms with Crippen molar-refractivity contribution in [2.75, 3.05) is 0 Å². The van der Waals surface area contributed by atoms with Crippen molar-refractivity contribution in [2.24, 2.45) is 0 Å². The number of phenolic OH excluding ortho intramolecular Hbond substituents is 1. The fourth-order valence-electron chi connectivity index (χ4n) is 3.14. The lowest BCUT2D eigenvalue weighted by Crippen LogP contribution is -2.21. The van der Waals surface area contributed by atoms with Crippen molar-refractivity contribution in [2.45, 2.75) is 0 Å². The zero-order valence-electron chi connectivity index (χ0n) is 14.3. The van der Waals surface area contributed by atoms with Gasteiger partial charge >= 0.3 is 0 Å². The third kappa shape index (κ3) is 3.40. The van der Waals surface area contributed by atoms with E-state index in [-0.39, 0.29) is 0 Å². The Morgan fingerprint density at radius 1 is 0.500 bits per heavy atom. The highest BCUT2D eigenvalue weighted by atomic mass is 31.1. The van der Waals surface area contributed by atoms with E-state index in [1.54, 1.807) is 12.1 Å². The van der Waals surface area contributed by atoms with Crippen LogP contribution in [0.4, 0.5) is 0 Å². The average Bonchev–Trinajstić information content (AvgIpc) is 2.71. The molecule has 1 N–H and O–H groups in total. The second-order valence-electron chi connectivity index (χ2n) is 6.07. The molecular weight excluding hydrogens is 335 g/mol. The SMILES string of the molecule is Oc1ccc(-c2ccccc2P(c2ccccc2)c2ccccc2)cc1. The molecule has 0 aliphatic carbocycles. The van der Waals surface area contributed by atoms with Gasteiger partial charge in [0.1, 0.15) is 5.75 Å². The van der Waals surface area contributed by atoms with Crippen LogP contribution in [0.5, 0.6) is 5.75 Å². The number of rotatable bonds is 4. The van der Waals surface area contributed by atoms with E-state index in [4.69, 9.17) is 0 Å². The van der Waals surface area contributed by atoms with Gasteiger partial charge in [-0.1, -0.05) is 97.1 Å². The maximum absolute atomic E-state index is 9.64. The first-order chi connectivity index (χ1) is 12.8. The molecule has 0 radical (unpaired) electrons. The topological polar surface area (TPSA) is 20.2 Å². The Morgan fingerprint density at radius 2 is 1.00 bits per heavy atom. The lowest BCUT2D eigenvalue weighted by Gasteiger charge is -2.22. The molecule has 0 atom stereocenters. The minimum Gasteiger partial charge on any atom is -0.508 e. The van der Waals surface area contributed by atoms with Crippen molar-refractivity contribution in [1.82, 2.24) is 0 Å². The molecule has 26 heavy (non-hydrogen) atoms. The number of hydrogen-bond acceptors (Lipinski definition) is 1. The summed E-state index contributed by atoms with van der Waals surface area (Å²) >= 11 is 0. The van der Waals surface area contributed by atoms with E-state index in [2.05, 4.69) is 84.9 Å². The standard InChI is InChI=1S/C24H19OP/c25-20-17-15-19(16-18-20)23-13-7-8-14-24(23)26(21-9-3-1-4-10-21)22-11-5-2-6-12-22/h1-18,25H. The molecule has 126 valence electrons. The molecule has 0 bridgehead atoms. The van der Waals surface area contributed by atoms with E-state index in [0.717, 1.165) is 5.56 Å². The smallest absolute Gasteiger partial charge is 0.115 e. The molecule has 4 aromatic rings. The van der Waals surface area contributed by atoms with Crippen molar-refractivity contribution in [1.29, 1.82) is 0 Å². The fraction of sp³-hybridized carbons (Fsp3) is 0. The van der Waals surface area contributed by atoms with Crippen LogP contribution in [0.15, 0.2) is 109 Å². The highest BCUT2D eigenvalue weighted by Gasteiger charge is 2.19. The van der Waals surface area contributed by atoms with Gasteiger partial charge in [-0.05, 0) is 47.1 Å². The molecule has 0 aliphatic rings. The zero-order chi connectivity index (χ0) is 17.8. The maximum Gasteiger partial charge on any atom is 0.115 e. The van der Waals surface area contributed by atoms with Gasteiger partial charge in [-0.2, -0.15) is 0 Å². The van der Waals surface area contributed by atoms with Gasteiger partial charge in [-0.25, -0.2) is 0 Å². The Hall–Kier alpha value is -2.89. The Labute approximate surface area is 155 Å². The summed E-state index contributed by atoms with van der Waals surface area (Å²) in [5, 5.41) is 13.6. The molecule has 0 heterocycles. The van der Waals surface area contributed by atoms with Crippen LogP contribution in [0.3, 0.4) is 0 Å². The summed E-state index contributed by atoms with van der Waals surface area (Å²) in [7, 11) is -0.661. The quantitative estimate of drug-likeness (QED) is 0.521. The summed E-state index contributed by atoms with van der Waals surface area (Å²) in [4.78, 5) is 0. The molecule has 2 heteroatoms. The van der Waals surface area contributed by atoms with Crippen molar-refractivity contribution in [3.05, 3.63) is 109 Å². The Kier molecular flexibility index (Phi) is 4.82. The molecule has 4 aromatic carbocycles. The van der Waals surface area contributed by atoms with Gasteiger partial charge in [-0.15, -0.1) is 0 Å². The van der Waals surface area contributed by atoms with E-state index < -0.39 is 7.92 Å². The van der Waals surface area contributed by atoms with Crippen LogP contribution >= 0.6 is 7.92 Å². The van der Waals surface area contributed by atoms with Gasteiger partial charge in [0.2, 0.25) is 0 Å². The summed E-state index contributed by atoms with van der Waals surface area (Å²) in [6.07, 6.45) is 0. The van der Waals surface area contributed by atoms with Gasteiger partial charge < -0.3 is 5.11 Å². The summed E-state index contributed by atoms with van der Waals surface area (Å²) in [5.74, 6) is 0.291. The first-order valence-electron chi connectivity index (χ1n) is 8.61. The minimum atomic E-state index is -0.661. The molecule has 0 aromatic heterocycles. The van der Waals surface area contributed by atoms with Crippen LogP contribution in [0.25, 0.3) is 11.1 Å². The van der Waals surface area contributed by atoms with Crippen LogP contribution in [-0.4, -0.2) is 5.11 Å². The van der Waals surface area contributed by atoms with Gasteiger partial charge in [0.15, 0.2) is 0 Å². The average molecular weight is 354 g/mol. The first kappa shape index (κ1) is 16.6. The molecule has 0 amide bonds. The molecule has 0 spiro atoms. The Morgan fingerprint density at radius 3 is 1.58 bits per heavy atom. The van der Waals surface area contributed by atoms with Crippen molar-refractivity contribution >= 4 is 23.8 Å². The largest absolute Gasteiger partial charge is 0.508 e. The predicted octanol–water partition coefficient (Wildman–Crippen LogP) is 4.82. The van der Waals surface area contributed by atoms with Crippen LogP contribution in [0.2, 0.25) is 0 Å². The van der Waals surface area contributed by atoms with E-state index >= 15 is 0 Å². The second kappa shape index (κ2) is 7.56. The van der Waals surface area contributed by atoms with E-state index in [9.17, 15) is 5.11 Å². The Balaban J connectivity index is 1.91. The normalized spacial score (nSPS) is 10.8. The molecule has 0 unspecified atom stereocenters. The van der Waals surface area contributed by atoms with Gasteiger partial charge in [0.25, 0.3) is 0 Å². The van der Waals surface area contributed by atoms with E-state index in [1.165, 1.54) is 21.5 Å². The third-order valence-electron chi connectivity index (χ3n) is 4.35. The number of benzene rings is 4. The number of aromatic hydroxyl groups is 1. The van der Waals surface area contributed by atoms with Crippen LogP contribution in [0.1, 0.15) is 0 Å². The summed E-state index contributed by atoms with van der Waals surface area (Å²) < 4.78 is 0. The monoisotopic (exact) mass is 354 g/mol. The first-order valence-corrected chi connectivity index (χ1v) is 9.96. The highest BCUT2D eigenvalue weighted by Crippen LogP contribution is 2.37. The second-order valence-corrected chi connectivity index (χ2v) is 8.26. The summed E-state index contributed by atoms with van der Waals surface area (Å²) in [5.41, 5.74) is 2.34. The third-order valence-corrected chi connectivity index (χ3v) is 6.85. The molecule has 4 rings (SSSR count). The fourth-order valence-corrected chi connectivity index (χ4v) is 5.61. The summed E-state index contributed by atoms with van der Waals surface area (Å²) in [6.45, 7) is 0. The van der Waals surface area contributed by atoms with Gasteiger partial charge in [0.05, 0.1) is 0 Å². The molecule has 0 saturated heterocycles. The highest BCUT2D eigenvalue weighted by molar-refractivity contribution is 7.80. The Bertz CT molecular complexity index is 940. The molecular formula is C24H19OP. The van der Waals surface area contributed by atoms with Crippen molar-refractivity contribution in [3.8, 4) is 16.9 Å². The zero-order valence-corrected chi connectivity index (χ0v) is 15.2. The van der Waals surface area contributed by atoms with Gasteiger partial charge in [0, 0.05) is 0 Å². The van der Waals surface area contributed by atoms with Crippen molar-refractivity contribution < 1.29 is 5.11 Å². The van der Waals surface area contributed by atoms with E-state index in [0.29, 0.717) is 5.75 Å². The minimum absolute atomic E-state index is 0.291. The lowest BCUT2D eigenvalue weighted by molar-refractivity contribution is 0.475. The lowest BCUT2D eigenvalue weighted by atomic mass is 10.1. The summed E-state index contributed by atoms with van der Waals surface area (Å²) in [6, 6.07) is 37.5.